The normalized spacial score (nSPS) is 17.5. The van der Waals surface area contributed by atoms with Gasteiger partial charge in [0.1, 0.15) is 5.75 Å². The Morgan fingerprint density at radius 3 is 2.68 bits per heavy atom. The first-order chi connectivity index (χ1) is 16.7. The minimum absolute atomic E-state index is 0.600. The first-order valence-corrected chi connectivity index (χ1v) is 13.4. The predicted molar refractivity (Wildman–Crippen MR) is 140 cm³/mol. The molecule has 3 heterocycles. The van der Waals surface area contributed by atoms with Crippen molar-refractivity contribution in [2.75, 3.05) is 50.9 Å². The Balaban J connectivity index is 1.42. The van der Waals surface area contributed by atoms with Crippen LogP contribution in [-0.4, -0.2) is 61.9 Å². The first-order valence-electron chi connectivity index (χ1n) is 12.6. The average Bonchev–Trinajstić information content (AvgIpc) is 3.05. The third-order valence-electron chi connectivity index (χ3n) is 6.76. The second kappa shape index (κ2) is 11.0. The molecule has 2 saturated heterocycles. The third-order valence-corrected chi connectivity index (χ3v) is 7.79. The molecule has 0 amide bonds. The summed E-state index contributed by atoms with van der Waals surface area (Å²) in [5, 5.41) is 1.25. The van der Waals surface area contributed by atoms with Crippen LogP contribution in [0, 0.1) is 6.92 Å². The molecule has 2 aliphatic rings. The van der Waals surface area contributed by atoms with Gasteiger partial charge in [0.2, 0.25) is 0 Å². The van der Waals surface area contributed by atoms with Crippen LogP contribution in [0.4, 0.5) is 5.69 Å². The van der Waals surface area contributed by atoms with Gasteiger partial charge in [0, 0.05) is 42.7 Å². The fourth-order valence-corrected chi connectivity index (χ4v) is 5.67. The summed E-state index contributed by atoms with van der Waals surface area (Å²) in [7, 11) is 0. The molecule has 3 aromatic rings. The Kier molecular flexibility index (Phi) is 7.57. The molecule has 0 atom stereocenters. The minimum atomic E-state index is 0.600. The number of benzene rings is 2. The maximum atomic E-state index is 5.86. The van der Waals surface area contributed by atoms with Crippen molar-refractivity contribution < 1.29 is 9.47 Å². The second-order valence-corrected chi connectivity index (χ2v) is 10.5. The smallest absolute Gasteiger partial charge is 0.119 e. The molecule has 180 valence electrons. The lowest BCUT2D eigenvalue weighted by atomic mass is 10.1. The number of pyridine rings is 1. The van der Waals surface area contributed by atoms with E-state index < -0.39 is 0 Å². The summed E-state index contributed by atoms with van der Waals surface area (Å²) in [5.74, 6) is 0.942. The monoisotopic (exact) mass is 477 g/mol. The van der Waals surface area contributed by atoms with Crippen LogP contribution in [0.15, 0.2) is 58.5 Å². The van der Waals surface area contributed by atoms with E-state index in [0.717, 1.165) is 70.1 Å². The van der Waals surface area contributed by atoms with Crippen LogP contribution in [0.25, 0.3) is 10.9 Å². The number of fused-ring (bicyclic) bond motifs is 1. The first kappa shape index (κ1) is 23.5. The summed E-state index contributed by atoms with van der Waals surface area (Å²) in [5.41, 5.74) is 3.67. The van der Waals surface area contributed by atoms with Gasteiger partial charge in [-0.15, -0.1) is 0 Å². The zero-order chi connectivity index (χ0) is 23.3. The summed E-state index contributed by atoms with van der Waals surface area (Å²) >= 11 is 1.80. The molecule has 0 saturated carbocycles. The predicted octanol–water partition coefficient (Wildman–Crippen LogP) is 5.78. The van der Waals surface area contributed by atoms with Gasteiger partial charge in [0.25, 0.3) is 0 Å². The van der Waals surface area contributed by atoms with Crippen LogP contribution in [-0.2, 0) is 4.74 Å². The quantitative estimate of drug-likeness (QED) is 0.383. The van der Waals surface area contributed by atoms with Gasteiger partial charge in [0.15, 0.2) is 0 Å². The maximum absolute atomic E-state index is 5.86. The van der Waals surface area contributed by atoms with Crippen LogP contribution in [0.2, 0.25) is 0 Å². The lowest BCUT2D eigenvalue weighted by molar-refractivity contribution is -0.0625. The van der Waals surface area contributed by atoms with E-state index in [1.54, 1.807) is 11.8 Å². The number of aryl methyl sites for hydroxylation is 1. The van der Waals surface area contributed by atoms with Gasteiger partial charge in [-0.2, -0.15) is 0 Å². The van der Waals surface area contributed by atoms with Crippen molar-refractivity contribution in [3.05, 3.63) is 54.2 Å². The lowest BCUT2D eigenvalue weighted by Gasteiger charge is -2.36. The van der Waals surface area contributed by atoms with Crippen LogP contribution in [0.5, 0.6) is 5.75 Å². The van der Waals surface area contributed by atoms with E-state index in [4.69, 9.17) is 14.5 Å². The highest BCUT2D eigenvalue weighted by Crippen LogP contribution is 2.40. The van der Waals surface area contributed by atoms with E-state index in [1.165, 1.54) is 32.8 Å². The number of aromatic nitrogens is 1. The summed E-state index contributed by atoms with van der Waals surface area (Å²) in [6.45, 7) is 11.2. The summed E-state index contributed by atoms with van der Waals surface area (Å²) in [6, 6.07) is 15.7. The molecule has 6 heteroatoms. The standard InChI is InChI=1S/C28H35N3O2S/c1-3-4-16-33-23-7-9-24(10-8-23)34-27-18-29-26-11-6-21(2)17-25(26)28(27)31-13-5-12-30(14-15-31)22-19-32-20-22/h6-11,17-18,22H,3-5,12-16,19-20H2,1-2H3. The molecule has 0 aliphatic carbocycles. The molecule has 2 aromatic carbocycles. The van der Waals surface area contributed by atoms with Crippen molar-refractivity contribution in [1.29, 1.82) is 0 Å². The molecule has 34 heavy (non-hydrogen) atoms. The Morgan fingerprint density at radius 1 is 1.06 bits per heavy atom. The van der Waals surface area contributed by atoms with Crippen LogP contribution in [0.3, 0.4) is 0 Å². The van der Waals surface area contributed by atoms with E-state index in [9.17, 15) is 0 Å². The number of anilines is 1. The third kappa shape index (κ3) is 5.35. The molecule has 1 aromatic heterocycles. The van der Waals surface area contributed by atoms with Gasteiger partial charge in [-0.25, -0.2) is 0 Å². The number of rotatable bonds is 8. The van der Waals surface area contributed by atoms with Crippen LogP contribution in [0.1, 0.15) is 31.7 Å². The molecule has 0 N–H and O–H groups in total. The summed E-state index contributed by atoms with van der Waals surface area (Å²) in [4.78, 5) is 12.5. The Hall–Kier alpha value is -2.28. The topological polar surface area (TPSA) is 37.8 Å². The van der Waals surface area contributed by atoms with E-state index in [0.29, 0.717) is 6.04 Å². The second-order valence-electron chi connectivity index (χ2n) is 9.33. The molecule has 2 fully saturated rings. The van der Waals surface area contributed by atoms with Crippen molar-refractivity contribution in [3.63, 3.8) is 0 Å². The van der Waals surface area contributed by atoms with Crippen LogP contribution < -0.4 is 9.64 Å². The van der Waals surface area contributed by atoms with Gasteiger partial charge in [-0.05, 0) is 56.2 Å². The average molecular weight is 478 g/mol. The van der Waals surface area contributed by atoms with Crippen molar-refractivity contribution in [1.82, 2.24) is 9.88 Å². The highest BCUT2D eigenvalue weighted by atomic mass is 32.2. The molecule has 0 radical (unpaired) electrons. The Labute approximate surface area is 207 Å². The lowest BCUT2D eigenvalue weighted by Crippen LogP contribution is -2.50. The fraction of sp³-hybridized carbons (Fsp3) is 0.464. The summed E-state index contributed by atoms with van der Waals surface area (Å²) < 4.78 is 11.3. The molecule has 0 spiro atoms. The molecular formula is C28H35N3O2S. The van der Waals surface area contributed by atoms with Crippen molar-refractivity contribution >= 4 is 28.4 Å². The highest BCUT2D eigenvalue weighted by Gasteiger charge is 2.28. The Bertz CT molecular complexity index is 1100. The molecule has 2 aliphatic heterocycles. The van der Waals surface area contributed by atoms with Gasteiger partial charge in [-0.3, -0.25) is 9.88 Å². The maximum Gasteiger partial charge on any atom is 0.119 e. The van der Waals surface area contributed by atoms with Crippen molar-refractivity contribution in [3.8, 4) is 5.75 Å². The van der Waals surface area contributed by atoms with E-state index >= 15 is 0 Å². The van der Waals surface area contributed by atoms with Crippen molar-refractivity contribution in [2.45, 2.75) is 48.9 Å². The minimum Gasteiger partial charge on any atom is -0.494 e. The molecule has 5 rings (SSSR count). The zero-order valence-electron chi connectivity index (χ0n) is 20.3. The van der Waals surface area contributed by atoms with E-state index in [1.807, 2.05) is 0 Å². The van der Waals surface area contributed by atoms with Crippen molar-refractivity contribution in [2.24, 2.45) is 0 Å². The van der Waals surface area contributed by atoms with E-state index in [-0.39, 0.29) is 0 Å². The largest absolute Gasteiger partial charge is 0.494 e. The SMILES string of the molecule is CCCCOc1ccc(Sc2cnc3ccc(C)cc3c2N2CCCN(C3COC3)CC2)cc1. The van der Waals surface area contributed by atoms with Gasteiger partial charge >= 0.3 is 0 Å². The van der Waals surface area contributed by atoms with Crippen LogP contribution >= 0.6 is 11.8 Å². The number of hydrogen-bond acceptors (Lipinski definition) is 6. The molecular weight excluding hydrogens is 442 g/mol. The summed E-state index contributed by atoms with van der Waals surface area (Å²) in [6.07, 6.45) is 5.46. The number of unbranched alkanes of at least 4 members (excludes halogenated alkanes) is 1. The number of hydrogen-bond donors (Lipinski definition) is 0. The number of nitrogens with zero attached hydrogens (tertiary/aromatic N) is 3. The van der Waals surface area contributed by atoms with Gasteiger partial charge < -0.3 is 14.4 Å². The number of ether oxygens (including phenoxy) is 2. The van der Waals surface area contributed by atoms with E-state index in [2.05, 4.69) is 72.3 Å². The van der Waals surface area contributed by atoms with Gasteiger partial charge in [-0.1, -0.05) is 36.7 Å². The highest BCUT2D eigenvalue weighted by molar-refractivity contribution is 7.99. The Morgan fingerprint density at radius 2 is 1.91 bits per heavy atom. The van der Waals surface area contributed by atoms with Gasteiger partial charge in [0.05, 0.1) is 42.0 Å². The molecule has 5 nitrogen and oxygen atoms in total. The molecule has 0 unspecified atom stereocenters. The molecule has 0 bridgehead atoms. The zero-order valence-corrected chi connectivity index (χ0v) is 21.2. The fourth-order valence-electron chi connectivity index (χ4n) is 4.70.